The third kappa shape index (κ3) is 5.23. The second-order valence-corrected chi connectivity index (χ2v) is 8.68. The molecule has 2 nitrogen and oxygen atoms in total. The minimum Gasteiger partial charge on any atom is -0.487 e. The van der Waals surface area contributed by atoms with Crippen LogP contribution in [0.4, 0.5) is 0 Å². The fraction of sp³-hybridized carbons (Fsp3) is 0.739. The Bertz CT molecular complexity index is 505. The first-order valence-electron chi connectivity index (χ1n) is 10.7. The van der Waals surface area contributed by atoms with Crippen molar-refractivity contribution in [2.45, 2.75) is 71.6 Å². The molecule has 0 N–H and O–H groups in total. The summed E-state index contributed by atoms with van der Waals surface area (Å²) in [5.41, 5.74) is 2.55. The predicted molar refractivity (Wildman–Crippen MR) is 106 cm³/mol. The normalized spacial score (nSPS) is 21.7. The average Bonchev–Trinajstić information content (AvgIpc) is 2.84. The maximum atomic E-state index is 6.31. The molecule has 1 aliphatic heterocycles. The first kappa shape index (κ1) is 18.8. The van der Waals surface area contributed by atoms with Crippen LogP contribution in [0.15, 0.2) is 18.2 Å². The van der Waals surface area contributed by atoms with Crippen molar-refractivity contribution in [3.05, 3.63) is 29.3 Å². The van der Waals surface area contributed by atoms with E-state index in [1.54, 1.807) is 0 Å². The number of aryl methyl sites for hydroxylation is 2. The molecule has 2 aliphatic rings. The van der Waals surface area contributed by atoms with Crippen LogP contribution in [0, 0.1) is 19.8 Å². The SMILES string of the molecule is Cc1cccc(C)c1OCC[N+]1(CC2CCCCC2)CCCCCC1. The van der Waals surface area contributed by atoms with Crippen LogP contribution in [0.2, 0.25) is 0 Å². The molecular formula is C23H38NO+. The molecule has 1 aromatic rings. The maximum Gasteiger partial charge on any atom is 0.137 e. The van der Waals surface area contributed by atoms with E-state index < -0.39 is 0 Å². The lowest BCUT2D eigenvalue weighted by atomic mass is 9.88. The van der Waals surface area contributed by atoms with Gasteiger partial charge in [-0.1, -0.05) is 37.5 Å². The minimum absolute atomic E-state index is 0.873. The Morgan fingerprint density at radius 2 is 1.48 bits per heavy atom. The molecule has 1 saturated heterocycles. The summed E-state index contributed by atoms with van der Waals surface area (Å²) in [4.78, 5) is 0. The summed E-state index contributed by atoms with van der Waals surface area (Å²) in [6, 6.07) is 6.46. The van der Waals surface area contributed by atoms with Crippen LogP contribution in [-0.4, -0.2) is 37.3 Å². The zero-order valence-corrected chi connectivity index (χ0v) is 16.6. The first-order chi connectivity index (χ1) is 12.2. The summed E-state index contributed by atoms with van der Waals surface area (Å²) in [5.74, 6) is 2.08. The van der Waals surface area contributed by atoms with Gasteiger partial charge in [0.15, 0.2) is 0 Å². The Morgan fingerprint density at radius 3 is 2.12 bits per heavy atom. The Balaban J connectivity index is 1.62. The molecule has 0 unspecified atom stereocenters. The van der Waals surface area contributed by atoms with Crippen molar-refractivity contribution in [1.82, 2.24) is 0 Å². The van der Waals surface area contributed by atoms with E-state index in [9.17, 15) is 0 Å². The molecule has 1 aromatic carbocycles. The highest BCUT2D eigenvalue weighted by Crippen LogP contribution is 2.29. The quantitative estimate of drug-likeness (QED) is 0.606. The number of para-hydroxylation sites is 1. The Morgan fingerprint density at radius 1 is 0.880 bits per heavy atom. The van der Waals surface area contributed by atoms with Crippen LogP contribution < -0.4 is 4.74 Å². The number of likely N-dealkylation sites (tertiary alicyclic amines) is 1. The number of quaternary nitrogens is 1. The molecule has 0 atom stereocenters. The van der Waals surface area contributed by atoms with E-state index in [-0.39, 0.29) is 0 Å². The van der Waals surface area contributed by atoms with Gasteiger partial charge in [-0.15, -0.1) is 0 Å². The molecule has 0 radical (unpaired) electrons. The van der Waals surface area contributed by atoms with Crippen molar-refractivity contribution in [2.75, 3.05) is 32.8 Å². The molecule has 3 rings (SSSR count). The number of nitrogens with zero attached hydrogens (tertiary/aromatic N) is 1. The largest absolute Gasteiger partial charge is 0.487 e. The van der Waals surface area contributed by atoms with Gasteiger partial charge in [-0.2, -0.15) is 0 Å². The maximum absolute atomic E-state index is 6.31. The van der Waals surface area contributed by atoms with Crippen LogP contribution in [0.25, 0.3) is 0 Å². The summed E-state index contributed by atoms with van der Waals surface area (Å²) in [5, 5.41) is 0. The van der Waals surface area contributed by atoms with Crippen molar-refractivity contribution in [2.24, 2.45) is 5.92 Å². The van der Waals surface area contributed by atoms with E-state index >= 15 is 0 Å². The van der Waals surface area contributed by atoms with Gasteiger partial charge in [0.25, 0.3) is 0 Å². The smallest absolute Gasteiger partial charge is 0.137 e. The monoisotopic (exact) mass is 344 g/mol. The minimum atomic E-state index is 0.873. The zero-order valence-electron chi connectivity index (χ0n) is 16.6. The van der Waals surface area contributed by atoms with E-state index in [4.69, 9.17) is 4.74 Å². The average molecular weight is 345 g/mol. The van der Waals surface area contributed by atoms with E-state index in [0.29, 0.717) is 0 Å². The van der Waals surface area contributed by atoms with Crippen molar-refractivity contribution in [3.8, 4) is 5.75 Å². The third-order valence-corrected chi connectivity index (χ3v) is 6.61. The molecule has 1 heterocycles. The van der Waals surface area contributed by atoms with Crippen molar-refractivity contribution in [3.63, 3.8) is 0 Å². The van der Waals surface area contributed by atoms with Crippen LogP contribution in [0.5, 0.6) is 5.75 Å². The zero-order chi connectivity index (χ0) is 17.5. The van der Waals surface area contributed by atoms with Crippen molar-refractivity contribution >= 4 is 0 Å². The van der Waals surface area contributed by atoms with Gasteiger partial charge in [-0.25, -0.2) is 0 Å². The van der Waals surface area contributed by atoms with E-state index in [1.165, 1.54) is 99.6 Å². The summed E-state index contributed by atoms with van der Waals surface area (Å²) in [6.07, 6.45) is 13.0. The van der Waals surface area contributed by atoms with Crippen molar-refractivity contribution in [1.29, 1.82) is 0 Å². The summed E-state index contributed by atoms with van der Waals surface area (Å²) >= 11 is 0. The van der Waals surface area contributed by atoms with Crippen LogP contribution in [0.3, 0.4) is 0 Å². The fourth-order valence-electron chi connectivity index (χ4n) is 5.14. The second kappa shape index (κ2) is 9.07. The number of rotatable bonds is 6. The molecule has 25 heavy (non-hydrogen) atoms. The van der Waals surface area contributed by atoms with E-state index in [1.807, 2.05) is 0 Å². The van der Waals surface area contributed by atoms with Crippen molar-refractivity contribution < 1.29 is 9.22 Å². The molecule has 0 bridgehead atoms. The van der Waals surface area contributed by atoms with E-state index in [0.717, 1.165) is 18.3 Å². The third-order valence-electron chi connectivity index (χ3n) is 6.61. The lowest BCUT2D eigenvalue weighted by Crippen LogP contribution is -2.53. The number of hydrogen-bond acceptors (Lipinski definition) is 1. The molecule has 140 valence electrons. The highest BCUT2D eigenvalue weighted by atomic mass is 16.5. The molecule has 1 saturated carbocycles. The lowest BCUT2D eigenvalue weighted by molar-refractivity contribution is -0.930. The number of ether oxygens (including phenoxy) is 1. The molecule has 2 heteroatoms. The fourth-order valence-corrected chi connectivity index (χ4v) is 5.14. The Kier molecular flexibility index (Phi) is 6.81. The number of benzene rings is 1. The lowest BCUT2D eigenvalue weighted by Gasteiger charge is -2.41. The number of hydrogen-bond donors (Lipinski definition) is 0. The van der Waals surface area contributed by atoms with Gasteiger partial charge in [0.2, 0.25) is 0 Å². The summed E-state index contributed by atoms with van der Waals surface area (Å²) in [6.45, 7) is 10.6. The summed E-state index contributed by atoms with van der Waals surface area (Å²) in [7, 11) is 0. The second-order valence-electron chi connectivity index (χ2n) is 8.68. The first-order valence-corrected chi connectivity index (χ1v) is 10.7. The predicted octanol–water partition coefficient (Wildman–Crippen LogP) is 5.65. The Hall–Kier alpha value is -1.02. The highest BCUT2D eigenvalue weighted by molar-refractivity contribution is 5.39. The Labute approximate surface area is 155 Å². The molecule has 2 fully saturated rings. The molecular weight excluding hydrogens is 306 g/mol. The molecule has 0 aromatic heterocycles. The van der Waals surface area contributed by atoms with Gasteiger partial charge in [0.05, 0.1) is 19.6 Å². The van der Waals surface area contributed by atoms with Gasteiger partial charge >= 0.3 is 0 Å². The summed E-state index contributed by atoms with van der Waals surface area (Å²) < 4.78 is 7.64. The van der Waals surface area contributed by atoms with Gasteiger partial charge in [0, 0.05) is 5.92 Å². The topological polar surface area (TPSA) is 9.23 Å². The molecule has 1 aliphatic carbocycles. The van der Waals surface area contributed by atoms with Gasteiger partial charge in [0.1, 0.15) is 18.9 Å². The van der Waals surface area contributed by atoms with Gasteiger partial charge < -0.3 is 9.22 Å². The highest BCUT2D eigenvalue weighted by Gasteiger charge is 2.32. The standard InChI is InChI=1S/C23H38NO/c1-20-11-10-12-21(2)23(20)25-18-17-24(15-8-3-4-9-16-24)19-22-13-6-5-7-14-22/h10-12,22H,3-9,13-19H2,1-2H3/q+1. The molecule has 0 amide bonds. The van der Waals surface area contributed by atoms with Crippen LogP contribution in [-0.2, 0) is 0 Å². The van der Waals surface area contributed by atoms with Crippen LogP contribution in [0.1, 0.15) is 68.9 Å². The van der Waals surface area contributed by atoms with Gasteiger partial charge in [-0.05, 0) is 63.5 Å². The van der Waals surface area contributed by atoms with Gasteiger partial charge in [-0.3, -0.25) is 0 Å². The van der Waals surface area contributed by atoms with Crippen LogP contribution >= 0.6 is 0 Å². The van der Waals surface area contributed by atoms with E-state index in [2.05, 4.69) is 32.0 Å². The molecule has 0 spiro atoms.